The number of hydrogen-bond donors (Lipinski definition) is 1. The van der Waals surface area contributed by atoms with Gasteiger partial charge < -0.3 is 0 Å². The summed E-state index contributed by atoms with van der Waals surface area (Å²) in [5.74, 6) is 0. The first-order chi connectivity index (χ1) is 7.65. The van der Waals surface area contributed by atoms with Crippen molar-refractivity contribution >= 4 is 26.0 Å². The van der Waals surface area contributed by atoms with Crippen LogP contribution in [0.4, 0.5) is 0 Å². The number of benzene rings is 1. The monoisotopic (exact) mass is 319 g/mol. The summed E-state index contributed by atoms with van der Waals surface area (Å²) < 4.78 is 27.0. The highest BCUT2D eigenvalue weighted by Gasteiger charge is 2.30. The first-order valence-electron chi connectivity index (χ1n) is 5.40. The molecule has 3 nitrogen and oxygen atoms in total. The summed E-state index contributed by atoms with van der Waals surface area (Å²) in [6.07, 6.45) is 0. The van der Waals surface area contributed by atoms with Crippen LogP contribution in [0.3, 0.4) is 0 Å². The Morgan fingerprint density at radius 2 is 1.94 bits per heavy atom. The van der Waals surface area contributed by atoms with Gasteiger partial charge in [-0.3, -0.25) is 0 Å². The van der Waals surface area contributed by atoms with Gasteiger partial charge in [0, 0.05) is 10.4 Å². The van der Waals surface area contributed by atoms with Crippen LogP contribution in [0.5, 0.6) is 0 Å². The van der Waals surface area contributed by atoms with E-state index in [0.29, 0.717) is 4.90 Å². The molecule has 5 heteroatoms. The van der Waals surface area contributed by atoms with Gasteiger partial charge in [0.05, 0.1) is 4.90 Å². The molecule has 1 aromatic rings. The normalized spacial score (nSPS) is 14.6. The maximum Gasteiger partial charge on any atom is 0.241 e. The maximum atomic E-state index is 12.2. The largest absolute Gasteiger partial charge is 0.241 e. The number of aryl methyl sites for hydroxylation is 1. The van der Waals surface area contributed by atoms with Crippen LogP contribution in [0.1, 0.15) is 26.3 Å². The molecule has 0 aromatic heterocycles. The second-order valence-corrected chi connectivity index (χ2v) is 7.82. The minimum Gasteiger partial charge on any atom is -0.207 e. The van der Waals surface area contributed by atoms with Gasteiger partial charge in [-0.05, 0) is 38.5 Å². The lowest BCUT2D eigenvalue weighted by molar-refractivity contribution is 0.454. The van der Waals surface area contributed by atoms with Gasteiger partial charge in [-0.25, -0.2) is 13.1 Å². The average Bonchev–Trinajstić information content (AvgIpc) is 2.15. The highest BCUT2D eigenvalue weighted by atomic mass is 79.9. The molecule has 0 aliphatic rings. The van der Waals surface area contributed by atoms with E-state index in [1.807, 2.05) is 33.8 Å². The molecule has 17 heavy (non-hydrogen) atoms. The molecule has 0 aliphatic heterocycles. The molecule has 1 atom stereocenters. The molecular weight excluding hydrogens is 302 g/mol. The van der Waals surface area contributed by atoms with Gasteiger partial charge in [-0.15, -0.1) is 0 Å². The number of halogens is 1. The third-order valence-electron chi connectivity index (χ3n) is 2.69. The van der Waals surface area contributed by atoms with Crippen LogP contribution in [0.15, 0.2) is 29.2 Å². The highest BCUT2D eigenvalue weighted by molar-refractivity contribution is 9.09. The Hall–Kier alpha value is -0.390. The summed E-state index contributed by atoms with van der Waals surface area (Å²) in [6, 6.07) is 6.88. The number of sulfonamides is 1. The van der Waals surface area contributed by atoms with Crippen molar-refractivity contribution in [3.05, 3.63) is 29.8 Å². The van der Waals surface area contributed by atoms with E-state index in [4.69, 9.17) is 0 Å². The van der Waals surface area contributed by atoms with E-state index in [0.717, 1.165) is 5.56 Å². The number of alkyl halides is 1. The molecule has 1 N–H and O–H groups in total. The molecule has 0 saturated carbocycles. The Bertz CT molecular complexity index is 495. The average molecular weight is 320 g/mol. The zero-order valence-corrected chi connectivity index (χ0v) is 12.9. The first kappa shape index (κ1) is 14.7. The van der Waals surface area contributed by atoms with Gasteiger partial charge in [0.25, 0.3) is 0 Å². The van der Waals surface area contributed by atoms with E-state index in [9.17, 15) is 8.42 Å². The Balaban J connectivity index is 3.06. The van der Waals surface area contributed by atoms with Crippen molar-refractivity contribution in [2.75, 3.05) is 0 Å². The maximum absolute atomic E-state index is 12.2. The van der Waals surface area contributed by atoms with E-state index in [-0.39, 0.29) is 4.83 Å². The number of nitrogens with one attached hydrogen (secondary N) is 1. The molecule has 0 amide bonds. The Morgan fingerprint density at radius 1 is 1.35 bits per heavy atom. The fraction of sp³-hybridized carbons (Fsp3) is 0.500. The van der Waals surface area contributed by atoms with Crippen LogP contribution in [0.2, 0.25) is 0 Å². The van der Waals surface area contributed by atoms with Crippen molar-refractivity contribution < 1.29 is 8.42 Å². The molecule has 0 bridgehead atoms. The lowest BCUT2D eigenvalue weighted by Gasteiger charge is -2.28. The predicted molar refractivity (Wildman–Crippen MR) is 74.0 cm³/mol. The minimum atomic E-state index is -3.47. The first-order valence-corrected chi connectivity index (χ1v) is 7.80. The van der Waals surface area contributed by atoms with Crippen LogP contribution in [-0.2, 0) is 10.0 Å². The van der Waals surface area contributed by atoms with Gasteiger partial charge in [0.15, 0.2) is 0 Å². The number of hydrogen-bond acceptors (Lipinski definition) is 2. The molecule has 0 spiro atoms. The molecule has 0 aliphatic carbocycles. The van der Waals surface area contributed by atoms with Crippen LogP contribution in [0.25, 0.3) is 0 Å². The second-order valence-electron chi connectivity index (χ2n) is 4.76. The van der Waals surface area contributed by atoms with Gasteiger partial charge in [-0.2, -0.15) is 0 Å². The van der Waals surface area contributed by atoms with Crippen LogP contribution < -0.4 is 4.72 Å². The van der Waals surface area contributed by atoms with Crippen molar-refractivity contribution in [3.63, 3.8) is 0 Å². The molecule has 1 aromatic carbocycles. The van der Waals surface area contributed by atoms with Gasteiger partial charge in [0.2, 0.25) is 10.0 Å². The van der Waals surface area contributed by atoms with Crippen LogP contribution >= 0.6 is 15.9 Å². The van der Waals surface area contributed by atoms with Crippen molar-refractivity contribution in [1.82, 2.24) is 4.72 Å². The summed E-state index contributed by atoms with van der Waals surface area (Å²) in [5.41, 5.74) is 0.389. The van der Waals surface area contributed by atoms with Crippen molar-refractivity contribution in [3.8, 4) is 0 Å². The Morgan fingerprint density at radius 3 is 2.41 bits per heavy atom. The van der Waals surface area contributed by atoms with Gasteiger partial charge in [-0.1, -0.05) is 35.0 Å². The molecule has 0 fully saturated rings. The third kappa shape index (κ3) is 3.79. The van der Waals surface area contributed by atoms with Crippen molar-refractivity contribution in [1.29, 1.82) is 0 Å². The zero-order valence-electron chi connectivity index (χ0n) is 10.5. The molecule has 0 heterocycles. The smallest absolute Gasteiger partial charge is 0.207 e. The summed E-state index contributed by atoms with van der Waals surface area (Å²) in [7, 11) is -3.47. The molecule has 1 unspecified atom stereocenters. The third-order valence-corrected chi connectivity index (χ3v) is 5.51. The molecule has 1 rings (SSSR count). The highest BCUT2D eigenvalue weighted by Crippen LogP contribution is 2.20. The number of rotatable bonds is 4. The van der Waals surface area contributed by atoms with E-state index in [1.54, 1.807) is 18.2 Å². The standard InChI is InChI=1S/C12H18BrNO2S/c1-9-6-5-7-11(8-9)17(15,16)14-12(3,4)10(2)13/h5-8,10,14H,1-4H3. The zero-order chi connectivity index (χ0) is 13.3. The quantitative estimate of drug-likeness (QED) is 0.867. The topological polar surface area (TPSA) is 46.2 Å². The lowest BCUT2D eigenvalue weighted by Crippen LogP contribution is -2.48. The second kappa shape index (κ2) is 5.08. The van der Waals surface area contributed by atoms with Crippen LogP contribution in [-0.4, -0.2) is 18.8 Å². The van der Waals surface area contributed by atoms with E-state index >= 15 is 0 Å². The van der Waals surface area contributed by atoms with E-state index in [2.05, 4.69) is 20.7 Å². The molecule has 0 saturated heterocycles. The fourth-order valence-electron chi connectivity index (χ4n) is 1.27. The minimum absolute atomic E-state index is 0.0367. The lowest BCUT2D eigenvalue weighted by atomic mass is 10.0. The van der Waals surface area contributed by atoms with Gasteiger partial charge in [0.1, 0.15) is 0 Å². The Labute approximate surface area is 112 Å². The molecular formula is C12H18BrNO2S. The summed E-state index contributed by atoms with van der Waals surface area (Å²) >= 11 is 3.41. The summed E-state index contributed by atoms with van der Waals surface area (Å²) in [6.45, 7) is 7.48. The fourth-order valence-corrected chi connectivity index (χ4v) is 3.12. The van der Waals surface area contributed by atoms with Crippen molar-refractivity contribution in [2.24, 2.45) is 0 Å². The SMILES string of the molecule is Cc1cccc(S(=O)(=O)NC(C)(C)C(C)Br)c1. The Kier molecular flexibility index (Phi) is 4.38. The summed E-state index contributed by atoms with van der Waals surface area (Å²) in [5, 5.41) is 0. The van der Waals surface area contributed by atoms with E-state index < -0.39 is 15.6 Å². The molecule has 0 radical (unpaired) electrons. The predicted octanol–water partition coefficient (Wildman–Crippen LogP) is 2.84. The van der Waals surface area contributed by atoms with Crippen LogP contribution in [0, 0.1) is 6.92 Å². The van der Waals surface area contributed by atoms with E-state index in [1.165, 1.54) is 0 Å². The van der Waals surface area contributed by atoms with Gasteiger partial charge >= 0.3 is 0 Å². The summed E-state index contributed by atoms with van der Waals surface area (Å²) in [4.78, 5) is 0.341. The van der Waals surface area contributed by atoms with Crippen molar-refractivity contribution in [2.45, 2.75) is 43.0 Å². The molecule has 96 valence electrons.